The SMILES string of the molecule is CCC/C=C/CCCCCCCCCCCCCCCC1=NCC[N+]1(CC)C(C)O. The molecule has 1 N–H and O–H groups in total. The van der Waals surface area contributed by atoms with Gasteiger partial charge in [0.25, 0.3) is 0 Å². The number of nitrogens with zero attached hydrogens (tertiary/aromatic N) is 2. The Kier molecular flexibility index (Phi) is 16.4. The highest BCUT2D eigenvalue weighted by atomic mass is 16.3. The summed E-state index contributed by atoms with van der Waals surface area (Å²) in [6, 6.07) is 0. The van der Waals surface area contributed by atoms with Crippen LogP contribution in [0.1, 0.15) is 130 Å². The normalized spacial score (nSPS) is 20.2. The molecule has 0 bridgehead atoms. The smallest absolute Gasteiger partial charge is 0.200 e. The minimum Gasteiger partial charge on any atom is -0.345 e. The quantitative estimate of drug-likeness (QED) is 0.121. The Labute approximate surface area is 188 Å². The third kappa shape index (κ3) is 11.1. The van der Waals surface area contributed by atoms with E-state index in [0.29, 0.717) is 0 Å². The van der Waals surface area contributed by atoms with Gasteiger partial charge in [0.2, 0.25) is 5.84 Å². The molecule has 0 aromatic rings. The average Bonchev–Trinajstić information content (AvgIpc) is 3.17. The van der Waals surface area contributed by atoms with Crippen molar-refractivity contribution in [1.82, 2.24) is 0 Å². The fourth-order valence-corrected chi connectivity index (χ4v) is 4.83. The zero-order valence-electron chi connectivity index (χ0n) is 20.7. The van der Waals surface area contributed by atoms with Crippen LogP contribution in [-0.4, -0.2) is 41.3 Å². The monoisotopic (exact) mass is 421 g/mol. The Hall–Kier alpha value is -0.670. The maximum absolute atomic E-state index is 10.2. The van der Waals surface area contributed by atoms with E-state index in [1.807, 2.05) is 6.92 Å². The number of amidine groups is 1. The molecule has 3 heteroatoms. The molecule has 1 aliphatic rings. The summed E-state index contributed by atoms with van der Waals surface area (Å²) in [5.74, 6) is 1.25. The van der Waals surface area contributed by atoms with Gasteiger partial charge in [-0.1, -0.05) is 96.1 Å². The maximum atomic E-state index is 10.2. The molecule has 30 heavy (non-hydrogen) atoms. The van der Waals surface area contributed by atoms with Gasteiger partial charge in [-0.25, -0.2) is 4.99 Å². The van der Waals surface area contributed by atoms with Crippen molar-refractivity contribution in [1.29, 1.82) is 0 Å². The lowest BCUT2D eigenvalue weighted by atomic mass is 10.0. The molecule has 0 amide bonds. The number of likely N-dealkylation sites (N-methyl/N-ethyl adjacent to an activating group) is 1. The summed E-state index contributed by atoms with van der Waals surface area (Å²) in [7, 11) is 0. The first kappa shape index (κ1) is 27.4. The Morgan fingerprint density at radius 2 is 1.30 bits per heavy atom. The molecule has 2 atom stereocenters. The fraction of sp³-hybridized carbons (Fsp3) is 0.889. The first-order valence-corrected chi connectivity index (χ1v) is 13.4. The number of unbranched alkanes of at least 4 members (excludes halogenated alkanes) is 14. The standard InChI is InChI=1S/C27H53N2O/c1-4-6-7-8-9-10-11-12-13-14-15-16-17-18-19-20-21-22-23-27-28-24-25-29(27,5-2)26(3)30/h7-8,26,30H,4-6,9-25H2,1-3H3/q+1/b8-7+. The van der Waals surface area contributed by atoms with Crippen molar-refractivity contribution in [3.05, 3.63) is 12.2 Å². The lowest BCUT2D eigenvalue weighted by molar-refractivity contribution is -0.882. The summed E-state index contributed by atoms with van der Waals surface area (Å²) in [6.07, 6.45) is 27.4. The third-order valence-electron chi connectivity index (χ3n) is 6.98. The van der Waals surface area contributed by atoms with E-state index in [4.69, 9.17) is 4.99 Å². The van der Waals surface area contributed by atoms with Crippen LogP contribution in [-0.2, 0) is 0 Å². The van der Waals surface area contributed by atoms with Crippen molar-refractivity contribution in [2.75, 3.05) is 19.6 Å². The number of quaternary nitrogens is 1. The molecule has 0 saturated carbocycles. The molecule has 1 aliphatic heterocycles. The van der Waals surface area contributed by atoms with Gasteiger partial charge in [0.1, 0.15) is 6.54 Å². The van der Waals surface area contributed by atoms with E-state index in [9.17, 15) is 5.11 Å². The number of allylic oxidation sites excluding steroid dienone is 2. The molecule has 0 saturated heterocycles. The molecule has 0 aromatic carbocycles. The van der Waals surface area contributed by atoms with Crippen LogP contribution in [0, 0.1) is 0 Å². The van der Waals surface area contributed by atoms with Crippen molar-refractivity contribution in [2.45, 2.75) is 136 Å². The molecule has 0 radical (unpaired) electrons. The van der Waals surface area contributed by atoms with Gasteiger partial charge >= 0.3 is 0 Å². The summed E-state index contributed by atoms with van der Waals surface area (Å²) >= 11 is 0. The number of hydrogen-bond donors (Lipinski definition) is 1. The molecule has 0 spiro atoms. The summed E-state index contributed by atoms with van der Waals surface area (Å²) in [5.41, 5.74) is 0. The van der Waals surface area contributed by atoms with E-state index in [2.05, 4.69) is 26.0 Å². The molecule has 0 aromatic heterocycles. The van der Waals surface area contributed by atoms with E-state index in [1.54, 1.807) is 0 Å². The first-order chi connectivity index (χ1) is 14.7. The van der Waals surface area contributed by atoms with Gasteiger partial charge in [-0.15, -0.1) is 0 Å². The Morgan fingerprint density at radius 3 is 1.80 bits per heavy atom. The lowest BCUT2D eigenvalue weighted by Crippen LogP contribution is -2.56. The fourth-order valence-electron chi connectivity index (χ4n) is 4.83. The second-order valence-corrected chi connectivity index (χ2v) is 9.40. The van der Waals surface area contributed by atoms with Crippen molar-refractivity contribution in [3.8, 4) is 0 Å². The number of aliphatic hydroxyl groups is 1. The number of aliphatic hydroxyl groups excluding tert-OH is 1. The highest BCUT2D eigenvalue weighted by Crippen LogP contribution is 2.23. The molecule has 0 fully saturated rings. The molecule has 3 nitrogen and oxygen atoms in total. The van der Waals surface area contributed by atoms with Crippen LogP contribution >= 0.6 is 0 Å². The number of hydrogen-bond acceptors (Lipinski definition) is 2. The number of rotatable bonds is 20. The predicted octanol–water partition coefficient (Wildman–Crippen LogP) is 7.78. The Morgan fingerprint density at radius 1 is 0.800 bits per heavy atom. The van der Waals surface area contributed by atoms with Gasteiger partial charge in [-0.3, -0.25) is 4.48 Å². The minimum atomic E-state index is -0.316. The van der Waals surface area contributed by atoms with Crippen LogP contribution in [0.3, 0.4) is 0 Å². The van der Waals surface area contributed by atoms with Crippen molar-refractivity contribution < 1.29 is 9.59 Å². The van der Waals surface area contributed by atoms with E-state index < -0.39 is 0 Å². The van der Waals surface area contributed by atoms with Gasteiger partial charge < -0.3 is 5.11 Å². The largest absolute Gasteiger partial charge is 0.345 e. The van der Waals surface area contributed by atoms with Crippen LogP contribution in [0.25, 0.3) is 0 Å². The summed E-state index contributed by atoms with van der Waals surface area (Å²) in [5, 5.41) is 10.2. The molecule has 1 rings (SSSR count). The van der Waals surface area contributed by atoms with E-state index >= 15 is 0 Å². The molecular formula is C27H53N2O+. The summed E-state index contributed by atoms with van der Waals surface area (Å²) in [4.78, 5) is 4.72. The Bertz CT molecular complexity index is 458. The van der Waals surface area contributed by atoms with Gasteiger partial charge in [-0.2, -0.15) is 0 Å². The third-order valence-corrected chi connectivity index (χ3v) is 6.98. The van der Waals surface area contributed by atoms with Crippen LogP contribution in [0.5, 0.6) is 0 Å². The second kappa shape index (κ2) is 18.0. The van der Waals surface area contributed by atoms with Crippen LogP contribution < -0.4 is 0 Å². The minimum absolute atomic E-state index is 0.316. The second-order valence-electron chi connectivity index (χ2n) is 9.40. The molecule has 0 aliphatic carbocycles. The topological polar surface area (TPSA) is 32.6 Å². The van der Waals surface area contributed by atoms with Crippen molar-refractivity contribution >= 4 is 5.84 Å². The van der Waals surface area contributed by atoms with Gasteiger partial charge in [0, 0.05) is 13.3 Å². The molecule has 2 unspecified atom stereocenters. The van der Waals surface area contributed by atoms with Crippen LogP contribution in [0.2, 0.25) is 0 Å². The van der Waals surface area contributed by atoms with Crippen LogP contribution in [0.4, 0.5) is 0 Å². The van der Waals surface area contributed by atoms with E-state index in [1.165, 1.54) is 109 Å². The zero-order valence-corrected chi connectivity index (χ0v) is 20.7. The summed E-state index contributed by atoms with van der Waals surface area (Å²) < 4.78 is 0.718. The summed E-state index contributed by atoms with van der Waals surface area (Å²) in [6.45, 7) is 9.20. The van der Waals surface area contributed by atoms with Crippen LogP contribution in [0.15, 0.2) is 17.1 Å². The van der Waals surface area contributed by atoms with Gasteiger partial charge in [0.15, 0.2) is 6.23 Å². The zero-order chi connectivity index (χ0) is 21.9. The van der Waals surface area contributed by atoms with E-state index in [0.717, 1.165) is 30.5 Å². The predicted molar refractivity (Wildman–Crippen MR) is 133 cm³/mol. The van der Waals surface area contributed by atoms with Crippen molar-refractivity contribution in [3.63, 3.8) is 0 Å². The first-order valence-electron chi connectivity index (χ1n) is 13.4. The average molecular weight is 422 g/mol. The molecule has 176 valence electrons. The van der Waals surface area contributed by atoms with Crippen molar-refractivity contribution in [2.24, 2.45) is 4.99 Å². The Balaban J connectivity index is 1.85. The highest BCUT2D eigenvalue weighted by molar-refractivity contribution is 5.76. The maximum Gasteiger partial charge on any atom is 0.200 e. The van der Waals surface area contributed by atoms with E-state index in [-0.39, 0.29) is 6.23 Å². The van der Waals surface area contributed by atoms with Gasteiger partial charge in [-0.05, 0) is 32.6 Å². The lowest BCUT2D eigenvalue weighted by Gasteiger charge is -2.36. The van der Waals surface area contributed by atoms with Gasteiger partial charge in [0.05, 0.1) is 13.1 Å². The molecular weight excluding hydrogens is 368 g/mol. The highest BCUT2D eigenvalue weighted by Gasteiger charge is 2.40. The molecule has 1 heterocycles. The number of aliphatic imine (C=N–C) groups is 1.